The van der Waals surface area contributed by atoms with E-state index in [1.165, 1.54) is 24.0 Å². The van der Waals surface area contributed by atoms with Crippen molar-refractivity contribution in [2.24, 2.45) is 10.9 Å². The van der Waals surface area contributed by atoms with Crippen LogP contribution in [0.15, 0.2) is 47.6 Å². The molecular formula is C22H31N5. The lowest BCUT2D eigenvalue weighted by molar-refractivity contribution is 0.436. The highest BCUT2D eigenvalue weighted by molar-refractivity contribution is 5.79. The summed E-state index contributed by atoms with van der Waals surface area (Å²) >= 11 is 0. The Morgan fingerprint density at radius 3 is 2.26 bits per heavy atom. The molecule has 2 N–H and O–H groups in total. The van der Waals surface area contributed by atoms with Gasteiger partial charge in [0.1, 0.15) is 5.82 Å². The molecule has 0 atom stereocenters. The number of rotatable bonds is 5. The molecule has 2 heterocycles. The summed E-state index contributed by atoms with van der Waals surface area (Å²) in [4.78, 5) is 11.3. The fourth-order valence-corrected chi connectivity index (χ4v) is 3.24. The van der Waals surface area contributed by atoms with Gasteiger partial charge < -0.3 is 15.5 Å². The van der Waals surface area contributed by atoms with Crippen molar-refractivity contribution >= 4 is 11.8 Å². The number of piperidine rings is 1. The van der Waals surface area contributed by atoms with Crippen molar-refractivity contribution in [1.82, 2.24) is 15.6 Å². The first kappa shape index (κ1) is 19.2. The van der Waals surface area contributed by atoms with E-state index in [-0.39, 0.29) is 0 Å². The lowest BCUT2D eigenvalue weighted by Crippen LogP contribution is -2.36. The Morgan fingerprint density at radius 2 is 1.67 bits per heavy atom. The van der Waals surface area contributed by atoms with Gasteiger partial charge in [0.15, 0.2) is 5.96 Å². The lowest BCUT2D eigenvalue weighted by Gasteiger charge is -2.31. The van der Waals surface area contributed by atoms with E-state index in [0.717, 1.165) is 42.9 Å². The number of aryl methyl sites for hydroxylation is 1. The maximum atomic E-state index is 4.66. The van der Waals surface area contributed by atoms with Crippen LogP contribution in [0.4, 0.5) is 5.82 Å². The summed E-state index contributed by atoms with van der Waals surface area (Å²) < 4.78 is 0. The van der Waals surface area contributed by atoms with E-state index in [4.69, 9.17) is 0 Å². The largest absolute Gasteiger partial charge is 0.357 e. The van der Waals surface area contributed by atoms with Crippen LogP contribution in [0, 0.1) is 12.8 Å². The third-order valence-electron chi connectivity index (χ3n) is 5.18. The van der Waals surface area contributed by atoms with Gasteiger partial charge in [0.05, 0.1) is 0 Å². The number of pyridine rings is 1. The van der Waals surface area contributed by atoms with Crippen molar-refractivity contribution in [3.8, 4) is 0 Å². The zero-order chi connectivity index (χ0) is 19.1. The monoisotopic (exact) mass is 365 g/mol. The molecule has 1 saturated heterocycles. The van der Waals surface area contributed by atoms with E-state index < -0.39 is 0 Å². The molecule has 0 unspecified atom stereocenters. The Labute approximate surface area is 162 Å². The van der Waals surface area contributed by atoms with Crippen molar-refractivity contribution in [3.05, 3.63) is 59.3 Å². The normalized spacial score (nSPS) is 15.7. The van der Waals surface area contributed by atoms with Crippen LogP contribution in [-0.4, -0.2) is 31.1 Å². The number of aromatic nitrogens is 1. The van der Waals surface area contributed by atoms with Crippen molar-refractivity contribution in [1.29, 1.82) is 0 Å². The molecule has 0 bridgehead atoms. The standard InChI is InChI=1S/C22H31N5/c1-17-4-6-19(7-5-17)14-25-22(23-3)26-16-20-8-9-21(24-15-20)27-12-10-18(2)11-13-27/h4-9,15,18H,10-14,16H2,1-3H3,(H2,23,25,26). The quantitative estimate of drug-likeness (QED) is 0.629. The van der Waals surface area contributed by atoms with E-state index in [1.54, 1.807) is 7.05 Å². The minimum Gasteiger partial charge on any atom is -0.357 e. The van der Waals surface area contributed by atoms with Crippen LogP contribution in [-0.2, 0) is 13.1 Å². The van der Waals surface area contributed by atoms with Crippen LogP contribution < -0.4 is 15.5 Å². The summed E-state index contributed by atoms with van der Waals surface area (Å²) in [5, 5.41) is 6.71. The highest BCUT2D eigenvalue weighted by Crippen LogP contribution is 2.21. The van der Waals surface area contributed by atoms with Gasteiger partial charge in [-0.1, -0.05) is 42.8 Å². The molecule has 1 fully saturated rings. The first-order chi connectivity index (χ1) is 13.1. The highest BCUT2D eigenvalue weighted by atomic mass is 15.2. The average Bonchev–Trinajstić information content (AvgIpc) is 2.70. The first-order valence-electron chi connectivity index (χ1n) is 9.84. The molecule has 0 amide bonds. The van der Waals surface area contributed by atoms with Crippen LogP contribution >= 0.6 is 0 Å². The van der Waals surface area contributed by atoms with Gasteiger partial charge in [-0.15, -0.1) is 0 Å². The molecule has 0 aliphatic carbocycles. The second-order valence-electron chi connectivity index (χ2n) is 7.46. The van der Waals surface area contributed by atoms with E-state index in [2.05, 4.69) is 75.8 Å². The number of nitrogens with one attached hydrogen (secondary N) is 2. The Morgan fingerprint density at radius 1 is 1.04 bits per heavy atom. The lowest BCUT2D eigenvalue weighted by atomic mass is 9.99. The summed E-state index contributed by atoms with van der Waals surface area (Å²) in [7, 11) is 1.79. The summed E-state index contributed by atoms with van der Waals surface area (Å²) in [5.74, 6) is 2.72. The van der Waals surface area contributed by atoms with Crippen molar-refractivity contribution < 1.29 is 0 Å². The van der Waals surface area contributed by atoms with E-state index in [9.17, 15) is 0 Å². The summed E-state index contributed by atoms with van der Waals surface area (Å²) in [5.41, 5.74) is 3.67. The maximum absolute atomic E-state index is 4.66. The molecule has 144 valence electrons. The predicted molar refractivity (Wildman–Crippen MR) is 113 cm³/mol. The maximum Gasteiger partial charge on any atom is 0.191 e. The van der Waals surface area contributed by atoms with Gasteiger partial charge in [0.2, 0.25) is 0 Å². The van der Waals surface area contributed by atoms with Crippen LogP contribution in [0.25, 0.3) is 0 Å². The Balaban J connectivity index is 1.47. The van der Waals surface area contributed by atoms with Crippen molar-refractivity contribution in [3.63, 3.8) is 0 Å². The van der Waals surface area contributed by atoms with Gasteiger partial charge in [-0.2, -0.15) is 0 Å². The molecule has 0 spiro atoms. The Kier molecular flexibility index (Phi) is 6.69. The van der Waals surface area contributed by atoms with Crippen molar-refractivity contribution in [2.75, 3.05) is 25.0 Å². The van der Waals surface area contributed by atoms with Crippen molar-refractivity contribution in [2.45, 2.75) is 39.8 Å². The van der Waals surface area contributed by atoms with Gasteiger partial charge in [-0.05, 0) is 42.9 Å². The zero-order valence-corrected chi connectivity index (χ0v) is 16.7. The molecule has 1 aliphatic rings. The van der Waals surface area contributed by atoms with Gasteiger partial charge in [0.25, 0.3) is 0 Å². The van der Waals surface area contributed by atoms with Gasteiger partial charge >= 0.3 is 0 Å². The number of hydrogen-bond donors (Lipinski definition) is 2. The zero-order valence-electron chi connectivity index (χ0n) is 16.7. The van der Waals surface area contributed by atoms with Gasteiger partial charge in [-0.3, -0.25) is 4.99 Å². The summed E-state index contributed by atoms with van der Waals surface area (Å²) in [6, 6.07) is 12.8. The van der Waals surface area contributed by atoms with Gasteiger partial charge in [0, 0.05) is 39.4 Å². The molecule has 0 radical (unpaired) electrons. The smallest absolute Gasteiger partial charge is 0.191 e. The summed E-state index contributed by atoms with van der Waals surface area (Å²) in [6.07, 6.45) is 4.48. The molecule has 3 rings (SSSR count). The summed E-state index contributed by atoms with van der Waals surface area (Å²) in [6.45, 7) is 8.12. The van der Waals surface area contributed by atoms with Crippen LogP contribution in [0.3, 0.4) is 0 Å². The third-order valence-corrected chi connectivity index (χ3v) is 5.18. The number of anilines is 1. The first-order valence-corrected chi connectivity index (χ1v) is 9.84. The van der Waals surface area contributed by atoms with Crippen LogP contribution in [0.1, 0.15) is 36.5 Å². The average molecular weight is 366 g/mol. The number of guanidine groups is 1. The Bertz CT molecular complexity index is 728. The minimum absolute atomic E-state index is 0.706. The molecule has 1 aliphatic heterocycles. The van der Waals surface area contributed by atoms with Crippen LogP contribution in [0.2, 0.25) is 0 Å². The molecule has 0 saturated carbocycles. The topological polar surface area (TPSA) is 52.6 Å². The minimum atomic E-state index is 0.706. The molecule has 2 aromatic rings. The molecular weight excluding hydrogens is 334 g/mol. The van der Waals surface area contributed by atoms with E-state index >= 15 is 0 Å². The van der Waals surface area contributed by atoms with E-state index in [0.29, 0.717) is 6.54 Å². The number of benzene rings is 1. The highest BCUT2D eigenvalue weighted by Gasteiger charge is 2.16. The molecule has 5 heteroatoms. The third kappa shape index (κ3) is 5.71. The predicted octanol–water partition coefficient (Wildman–Crippen LogP) is 3.49. The molecule has 1 aromatic carbocycles. The number of aliphatic imine (C=N–C) groups is 1. The number of nitrogens with zero attached hydrogens (tertiary/aromatic N) is 3. The molecule has 27 heavy (non-hydrogen) atoms. The fourth-order valence-electron chi connectivity index (χ4n) is 3.24. The Hall–Kier alpha value is -2.56. The number of hydrogen-bond acceptors (Lipinski definition) is 3. The van der Waals surface area contributed by atoms with E-state index in [1.807, 2.05) is 6.20 Å². The second-order valence-corrected chi connectivity index (χ2v) is 7.46. The second kappa shape index (κ2) is 9.40. The van der Waals surface area contributed by atoms with Gasteiger partial charge in [-0.25, -0.2) is 4.98 Å². The molecule has 1 aromatic heterocycles. The SMILES string of the molecule is CN=C(NCc1ccc(C)cc1)NCc1ccc(N2CCC(C)CC2)nc1. The molecule has 5 nitrogen and oxygen atoms in total. The van der Waals surface area contributed by atoms with Crippen LogP contribution in [0.5, 0.6) is 0 Å². The fraction of sp³-hybridized carbons (Fsp3) is 0.455.